The van der Waals surface area contributed by atoms with Crippen molar-refractivity contribution in [2.75, 3.05) is 39.6 Å². The average molecular weight is 1400 g/mol. The summed E-state index contributed by atoms with van der Waals surface area (Å²) in [4.78, 5) is 72.8. The van der Waals surface area contributed by atoms with Crippen molar-refractivity contribution in [3.05, 3.63) is 0 Å². The van der Waals surface area contributed by atoms with Crippen LogP contribution in [0.5, 0.6) is 0 Å². The number of aliphatic hydroxyl groups is 1. The summed E-state index contributed by atoms with van der Waals surface area (Å²) in [5.74, 6) is 0.899. The number of carbonyl (C=O) groups excluding carboxylic acids is 4. The van der Waals surface area contributed by atoms with Crippen molar-refractivity contribution >= 4 is 39.5 Å². The molecule has 3 N–H and O–H groups in total. The zero-order valence-electron chi connectivity index (χ0n) is 62.3. The van der Waals surface area contributed by atoms with Gasteiger partial charge in [0.1, 0.15) is 19.3 Å². The highest BCUT2D eigenvalue weighted by Gasteiger charge is 2.30. The summed E-state index contributed by atoms with van der Waals surface area (Å²) in [6.45, 7) is 14.2. The Labute approximate surface area is 581 Å². The van der Waals surface area contributed by atoms with Gasteiger partial charge in [0.05, 0.1) is 26.4 Å². The van der Waals surface area contributed by atoms with Crippen molar-refractivity contribution in [3.8, 4) is 0 Å². The van der Waals surface area contributed by atoms with E-state index in [0.29, 0.717) is 31.6 Å². The van der Waals surface area contributed by atoms with E-state index >= 15 is 0 Å². The highest BCUT2D eigenvalue weighted by molar-refractivity contribution is 7.47. The molecule has 0 fully saturated rings. The maximum atomic E-state index is 13.1. The first kappa shape index (κ1) is 93.1. The van der Waals surface area contributed by atoms with Crippen LogP contribution in [-0.2, 0) is 65.4 Å². The zero-order chi connectivity index (χ0) is 70.3. The van der Waals surface area contributed by atoms with Crippen molar-refractivity contribution in [1.29, 1.82) is 0 Å². The molecule has 5 atom stereocenters. The van der Waals surface area contributed by atoms with Gasteiger partial charge in [0.2, 0.25) is 0 Å². The first-order valence-corrected chi connectivity index (χ1v) is 42.2. The molecule has 0 saturated carbocycles. The summed E-state index contributed by atoms with van der Waals surface area (Å²) >= 11 is 0. The van der Waals surface area contributed by atoms with Crippen molar-refractivity contribution in [1.82, 2.24) is 0 Å². The maximum Gasteiger partial charge on any atom is 0.472 e. The zero-order valence-corrected chi connectivity index (χ0v) is 64.1. The van der Waals surface area contributed by atoms with Crippen molar-refractivity contribution in [2.24, 2.45) is 23.7 Å². The van der Waals surface area contributed by atoms with Crippen LogP contribution in [0, 0.1) is 23.7 Å². The Bertz CT molecular complexity index is 1870. The number of carbonyl (C=O) groups is 4. The van der Waals surface area contributed by atoms with Crippen LogP contribution in [0.3, 0.4) is 0 Å². The summed E-state index contributed by atoms with van der Waals surface area (Å²) in [5.41, 5.74) is 0. The number of unbranched alkanes of at least 4 members (excludes halogenated alkanes) is 39. The molecule has 0 spiro atoms. The van der Waals surface area contributed by atoms with Gasteiger partial charge >= 0.3 is 39.5 Å². The smallest absolute Gasteiger partial charge is 0.462 e. The number of ether oxygens (including phenoxy) is 4. The lowest BCUT2D eigenvalue weighted by atomic mass is 10.0. The Morgan fingerprint density at radius 2 is 0.442 bits per heavy atom. The summed E-state index contributed by atoms with van der Waals surface area (Å²) in [6, 6.07) is 0. The van der Waals surface area contributed by atoms with E-state index in [1.807, 2.05) is 0 Å². The van der Waals surface area contributed by atoms with Gasteiger partial charge in [0, 0.05) is 25.7 Å². The fraction of sp³-hybridized carbons (Fsp3) is 0.947. The van der Waals surface area contributed by atoms with E-state index in [0.717, 1.165) is 114 Å². The van der Waals surface area contributed by atoms with Gasteiger partial charge in [0.25, 0.3) is 0 Å². The number of hydrogen-bond acceptors (Lipinski definition) is 15. The highest BCUT2D eigenvalue weighted by atomic mass is 31.2. The number of hydrogen-bond donors (Lipinski definition) is 3. The molecule has 3 unspecified atom stereocenters. The van der Waals surface area contributed by atoms with Crippen LogP contribution in [0.15, 0.2) is 0 Å². The van der Waals surface area contributed by atoms with E-state index in [1.54, 1.807) is 0 Å². The Kier molecular flexibility index (Phi) is 64.0. The van der Waals surface area contributed by atoms with Gasteiger partial charge in [-0.15, -0.1) is 0 Å². The summed E-state index contributed by atoms with van der Waals surface area (Å²) < 4.78 is 68.5. The van der Waals surface area contributed by atoms with Crippen molar-refractivity contribution < 1.29 is 80.2 Å². The maximum absolute atomic E-state index is 13.1. The minimum Gasteiger partial charge on any atom is -0.462 e. The normalized spacial score (nSPS) is 14.1. The van der Waals surface area contributed by atoms with Gasteiger partial charge in [-0.05, 0) is 49.4 Å². The molecular formula is C76H148O17P2. The molecule has 0 amide bonds. The topological polar surface area (TPSA) is 237 Å². The molecule has 19 heteroatoms. The molecule has 0 aliphatic heterocycles. The van der Waals surface area contributed by atoms with E-state index in [9.17, 15) is 43.2 Å². The Morgan fingerprint density at radius 1 is 0.263 bits per heavy atom. The molecule has 0 aromatic rings. The van der Waals surface area contributed by atoms with Crippen LogP contribution in [-0.4, -0.2) is 96.7 Å². The van der Waals surface area contributed by atoms with Crippen LogP contribution in [0.2, 0.25) is 0 Å². The van der Waals surface area contributed by atoms with Crippen molar-refractivity contribution in [3.63, 3.8) is 0 Å². The molecule has 17 nitrogen and oxygen atoms in total. The molecule has 0 saturated heterocycles. The predicted octanol–water partition coefficient (Wildman–Crippen LogP) is 22.0. The molecule has 0 rings (SSSR count). The second-order valence-electron chi connectivity index (χ2n) is 29.3. The van der Waals surface area contributed by atoms with E-state index in [-0.39, 0.29) is 25.7 Å². The first-order valence-electron chi connectivity index (χ1n) is 39.2. The Balaban J connectivity index is 5.23. The minimum atomic E-state index is -4.96. The quantitative estimate of drug-likeness (QED) is 0.0222. The van der Waals surface area contributed by atoms with Crippen molar-refractivity contribution in [2.45, 2.75) is 401 Å². The standard InChI is InChI=1S/C76H148O17P2/c1-66(2)52-44-36-28-21-17-13-10-9-11-15-19-23-33-42-50-58-75(80)92-71(62-86-73(78)56-48-40-32-26-25-30-38-46-54-68(5)6)64-90-94(82,83)88-60-70(77)61-89-95(84,85)91-65-72(63-87-74(79)57-49-41-35-27-31-39-47-55-69(7)8)93-76(81)59-51-43-34-24-20-16-12-14-18-22-29-37-45-53-67(3)4/h66-72,77H,9-65H2,1-8H3,(H,82,83)(H,84,85)/t70?,71-,72-/m1/s1. The van der Waals surface area contributed by atoms with Crippen LogP contribution >= 0.6 is 15.6 Å². The second kappa shape index (κ2) is 65.4. The van der Waals surface area contributed by atoms with Gasteiger partial charge in [-0.1, -0.05) is 331 Å². The lowest BCUT2D eigenvalue weighted by Crippen LogP contribution is -2.30. The fourth-order valence-corrected chi connectivity index (χ4v) is 13.1. The van der Waals surface area contributed by atoms with E-state index in [4.69, 9.17) is 37.0 Å². The molecule has 0 aliphatic rings. The van der Waals surface area contributed by atoms with Gasteiger partial charge in [-0.25, -0.2) is 9.13 Å². The number of phosphoric ester groups is 2. The van der Waals surface area contributed by atoms with E-state index in [2.05, 4.69) is 55.4 Å². The highest BCUT2D eigenvalue weighted by Crippen LogP contribution is 2.45. The molecule has 0 aromatic carbocycles. The van der Waals surface area contributed by atoms with Gasteiger partial charge in [-0.2, -0.15) is 0 Å². The number of aliphatic hydroxyl groups excluding tert-OH is 1. The molecule has 0 bridgehead atoms. The third kappa shape index (κ3) is 70.3. The average Bonchev–Trinajstić information content (AvgIpc) is 1.69. The Hall–Kier alpha value is -1.94. The summed E-state index contributed by atoms with van der Waals surface area (Å²) in [6.07, 6.45) is 50.1. The predicted molar refractivity (Wildman–Crippen MR) is 386 cm³/mol. The van der Waals surface area contributed by atoms with Crippen LogP contribution < -0.4 is 0 Å². The Morgan fingerprint density at radius 3 is 0.653 bits per heavy atom. The third-order valence-corrected chi connectivity index (χ3v) is 19.5. The second-order valence-corrected chi connectivity index (χ2v) is 32.2. The SMILES string of the molecule is CC(C)CCCCCCCCCCCCCCCCCC(=O)O[C@H](COC(=O)CCCCCCCCCCC(C)C)COP(=O)(O)OCC(O)COP(=O)(O)OC[C@@H](COC(=O)CCCCCCCCCC(C)C)OC(=O)CCCCCCCCCCCCCCCC(C)C. The van der Waals surface area contributed by atoms with Gasteiger partial charge < -0.3 is 33.8 Å². The minimum absolute atomic E-state index is 0.106. The van der Waals surface area contributed by atoms with Crippen LogP contribution in [0.1, 0.15) is 383 Å². The fourth-order valence-electron chi connectivity index (χ4n) is 11.6. The molecule has 0 heterocycles. The molecule has 0 radical (unpaired) electrons. The number of rotatable bonds is 73. The van der Waals surface area contributed by atoms with E-state index in [1.165, 1.54) is 180 Å². The van der Waals surface area contributed by atoms with Gasteiger partial charge in [0.15, 0.2) is 12.2 Å². The summed E-state index contributed by atoms with van der Waals surface area (Å²) in [7, 11) is -9.91. The lowest BCUT2D eigenvalue weighted by molar-refractivity contribution is -0.161. The first-order chi connectivity index (χ1) is 45.6. The molecule has 564 valence electrons. The van der Waals surface area contributed by atoms with Crippen LogP contribution in [0.4, 0.5) is 0 Å². The lowest BCUT2D eigenvalue weighted by Gasteiger charge is -2.21. The molecular weight excluding hydrogens is 1250 g/mol. The molecule has 0 aromatic heterocycles. The molecule has 95 heavy (non-hydrogen) atoms. The largest absolute Gasteiger partial charge is 0.472 e. The monoisotopic (exact) mass is 1400 g/mol. The summed E-state index contributed by atoms with van der Waals surface area (Å²) in [5, 5.41) is 10.6. The number of phosphoric acid groups is 2. The molecule has 0 aliphatic carbocycles. The van der Waals surface area contributed by atoms with Gasteiger partial charge in [-0.3, -0.25) is 37.3 Å². The van der Waals surface area contributed by atoms with E-state index < -0.39 is 97.5 Å². The van der Waals surface area contributed by atoms with Crippen LogP contribution in [0.25, 0.3) is 0 Å². The number of esters is 4. The third-order valence-electron chi connectivity index (χ3n) is 17.6.